The van der Waals surface area contributed by atoms with Crippen molar-refractivity contribution in [1.82, 2.24) is 4.90 Å². The highest BCUT2D eigenvalue weighted by Crippen LogP contribution is 2.15. The van der Waals surface area contributed by atoms with Gasteiger partial charge in [-0.05, 0) is 50.1 Å². The normalized spacial score (nSPS) is 18.7. The highest BCUT2D eigenvalue weighted by molar-refractivity contribution is 7.80. The predicted molar refractivity (Wildman–Crippen MR) is 88.9 cm³/mol. The van der Waals surface area contributed by atoms with E-state index in [1.807, 2.05) is 24.3 Å². The van der Waals surface area contributed by atoms with Gasteiger partial charge in [-0.25, -0.2) is 0 Å². The van der Waals surface area contributed by atoms with Gasteiger partial charge in [0.1, 0.15) is 17.3 Å². The lowest BCUT2D eigenvalue weighted by Crippen LogP contribution is -2.33. The van der Waals surface area contributed by atoms with Crippen LogP contribution in [0.25, 0.3) is 0 Å². The minimum absolute atomic E-state index is 0.413. The van der Waals surface area contributed by atoms with Crippen LogP contribution >= 0.6 is 12.2 Å². The maximum Gasteiger partial charge on any atom is 0.119 e. The SMILES string of the molecule is CN(CCOc1ccc(C(N)=S)cc1)CC1CCCOC1. The van der Waals surface area contributed by atoms with Crippen LogP contribution in [0.2, 0.25) is 0 Å². The summed E-state index contributed by atoms with van der Waals surface area (Å²) in [6, 6.07) is 7.59. The summed E-state index contributed by atoms with van der Waals surface area (Å²) >= 11 is 4.92. The summed E-state index contributed by atoms with van der Waals surface area (Å²) in [4.78, 5) is 2.72. The van der Waals surface area contributed by atoms with E-state index in [1.54, 1.807) is 0 Å². The monoisotopic (exact) mass is 308 g/mol. The highest BCUT2D eigenvalue weighted by atomic mass is 32.1. The molecule has 1 unspecified atom stereocenters. The molecule has 2 rings (SSSR count). The Labute approximate surface area is 132 Å². The predicted octanol–water partition coefficient (Wildman–Crippen LogP) is 2.06. The molecule has 0 spiro atoms. The first-order valence-electron chi connectivity index (χ1n) is 7.44. The van der Waals surface area contributed by atoms with Crippen LogP contribution in [0.5, 0.6) is 5.75 Å². The molecule has 0 radical (unpaired) electrons. The fourth-order valence-corrected chi connectivity index (χ4v) is 2.65. The summed E-state index contributed by atoms with van der Waals surface area (Å²) in [5.41, 5.74) is 6.43. The molecule has 1 aliphatic rings. The number of hydrogen-bond acceptors (Lipinski definition) is 4. The average molecular weight is 308 g/mol. The van der Waals surface area contributed by atoms with E-state index in [2.05, 4.69) is 11.9 Å². The lowest BCUT2D eigenvalue weighted by Gasteiger charge is -2.27. The van der Waals surface area contributed by atoms with Crippen LogP contribution in [-0.4, -0.2) is 49.8 Å². The highest BCUT2D eigenvalue weighted by Gasteiger charge is 2.15. The zero-order chi connectivity index (χ0) is 15.1. The summed E-state index contributed by atoms with van der Waals surface area (Å²) < 4.78 is 11.3. The van der Waals surface area contributed by atoms with Gasteiger partial charge < -0.3 is 20.1 Å². The summed E-state index contributed by atoms with van der Waals surface area (Å²) in [7, 11) is 2.13. The Bertz CT molecular complexity index is 444. The first kappa shape index (κ1) is 16.2. The van der Waals surface area contributed by atoms with Crippen molar-refractivity contribution in [1.29, 1.82) is 0 Å². The molecule has 1 heterocycles. The van der Waals surface area contributed by atoms with Gasteiger partial charge in [-0.2, -0.15) is 0 Å². The van der Waals surface area contributed by atoms with Crippen LogP contribution in [0.1, 0.15) is 18.4 Å². The Kier molecular flexibility index (Phi) is 6.42. The van der Waals surface area contributed by atoms with Crippen molar-refractivity contribution in [2.75, 3.05) is 40.0 Å². The van der Waals surface area contributed by atoms with E-state index in [0.29, 0.717) is 17.5 Å². The summed E-state index contributed by atoms with van der Waals surface area (Å²) in [6.07, 6.45) is 2.45. The van der Waals surface area contributed by atoms with Gasteiger partial charge in [-0.3, -0.25) is 0 Å². The molecule has 21 heavy (non-hydrogen) atoms. The number of rotatable bonds is 7. The van der Waals surface area contributed by atoms with Crippen molar-refractivity contribution in [3.8, 4) is 5.75 Å². The van der Waals surface area contributed by atoms with E-state index in [1.165, 1.54) is 12.8 Å². The molecule has 2 N–H and O–H groups in total. The van der Waals surface area contributed by atoms with Crippen LogP contribution < -0.4 is 10.5 Å². The minimum Gasteiger partial charge on any atom is -0.492 e. The fourth-order valence-electron chi connectivity index (χ4n) is 2.52. The van der Waals surface area contributed by atoms with Crippen molar-refractivity contribution in [3.63, 3.8) is 0 Å². The van der Waals surface area contributed by atoms with Gasteiger partial charge in [0.15, 0.2) is 0 Å². The maximum atomic E-state index is 5.74. The summed E-state index contributed by atoms with van der Waals surface area (Å²) in [5, 5.41) is 0. The molecule has 1 fully saturated rings. The smallest absolute Gasteiger partial charge is 0.119 e. The van der Waals surface area contributed by atoms with Crippen LogP contribution in [0.4, 0.5) is 0 Å². The Morgan fingerprint density at radius 3 is 2.81 bits per heavy atom. The van der Waals surface area contributed by atoms with Crippen LogP contribution in [0.15, 0.2) is 24.3 Å². The second-order valence-corrected chi connectivity index (χ2v) is 6.02. The maximum absolute atomic E-state index is 5.74. The van der Waals surface area contributed by atoms with Crippen molar-refractivity contribution >= 4 is 17.2 Å². The second kappa shape index (κ2) is 8.32. The van der Waals surface area contributed by atoms with Gasteiger partial charge >= 0.3 is 0 Å². The third kappa shape index (κ3) is 5.61. The number of nitrogens with zero attached hydrogens (tertiary/aromatic N) is 1. The zero-order valence-corrected chi connectivity index (χ0v) is 13.4. The zero-order valence-electron chi connectivity index (χ0n) is 12.6. The molecule has 1 aliphatic heterocycles. The Morgan fingerprint density at radius 1 is 1.43 bits per heavy atom. The van der Waals surface area contributed by atoms with Gasteiger partial charge in [-0.1, -0.05) is 12.2 Å². The molecule has 0 amide bonds. The molecule has 1 aromatic carbocycles. The second-order valence-electron chi connectivity index (χ2n) is 5.58. The van der Waals surface area contributed by atoms with Crippen molar-refractivity contribution < 1.29 is 9.47 Å². The molecule has 116 valence electrons. The molecule has 5 heteroatoms. The summed E-state index contributed by atoms with van der Waals surface area (Å²) in [5.74, 6) is 1.51. The van der Waals surface area contributed by atoms with Crippen LogP contribution in [0, 0.1) is 5.92 Å². The van der Waals surface area contributed by atoms with E-state index < -0.39 is 0 Å². The fraction of sp³-hybridized carbons (Fsp3) is 0.562. The Hall–Kier alpha value is -1.17. The third-order valence-electron chi connectivity index (χ3n) is 3.71. The van der Waals surface area contributed by atoms with Gasteiger partial charge in [0.05, 0.1) is 6.61 Å². The number of benzene rings is 1. The lowest BCUT2D eigenvalue weighted by atomic mass is 10.0. The van der Waals surface area contributed by atoms with Crippen LogP contribution in [0.3, 0.4) is 0 Å². The number of thiocarbonyl (C=S) groups is 1. The number of nitrogens with two attached hydrogens (primary N) is 1. The number of hydrogen-bond donors (Lipinski definition) is 1. The van der Waals surface area contributed by atoms with Gasteiger partial charge in [0, 0.05) is 25.3 Å². The Balaban J connectivity index is 1.67. The molecule has 0 saturated carbocycles. The van der Waals surface area contributed by atoms with E-state index in [0.717, 1.165) is 37.6 Å². The van der Waals surface area contributed by atoms with Crippen LogP contribution in [-0.2, 0) is 4.74 Å². The topological polar surface area (TPSA) is 47.7 Å². The van der Waals surface area contributed by atoms with E-state index in [-0.39, 0.29) is 0 Å². The molecule has 1 aromatic rings. The molecule has 0 aromatic heterocycles. The number of likely N-dealkylation sites (N-methyl/N-ethyl adjacent to an activating group) is 1. The van der Waals surface area contributed by atoms with Crippen molar-refractivity contribution in [2.24, 2.45) is 11.7 Å². The van der Waals surface area contributed by atoms with E-state index in [9.17, 15) is 0 Å². The molecule has 4 nitrogen and oxygen atoms in total. The molecule has 0 bridgehead atoms. The number of ether oxygens (including phenoxy) is 2. The third-order valence-corrected chi connectivity index (χ3v) is 3.94. The molecule has 1 saturated heterocycles. The van der Waals surface area contributed by atoms with Gasteiger partial charge in [0.2, 0.25) is 0 Å². The standard InChI is InChI=1S/C16H24N2O2S/c1-18(11-13-3-2-9-19-12-13)8-10-20-15-6-4-14(5-7-15)16(17)21/h4-7,13H,2-3,8-12H2,1H3,(H2,17,21). The largest absolute Gasteiger partial charge is 0.492 e. The van der Waals surface area contributed by atoms with Crippen molar-refractivity contribution in [3.05, 3.63) is 29.8 Å². The van der Waals surface area contributed by atoms with E-state index >= 15 is 0 Å². The molecule has 0 aliphatic carbocycles. The van der Waals surface area contributed by atoms with Crippen molar-refractivity contribution in [2.45, 2.75) is 12.8 Å². The average Bonchev–Trinajstić information content (AvgIpc) is 2.49. The molecular weight excluding hydrogens is 284 g/mol. The quantitative estimate of drug-likeness (QED) is 0.781. The molecule has 1 atom stereocenters. The Morgan fingerprint density at radius 2 is 2.19 bits per heavy atom. The first-order chi connectivity index (χ1) is 10.1. The van der Waals surface area contributed by atoms with Gasteiger partial charge in [-0.15, -0.1) is 0 Å². The lowest BCUT2D eigenvalue weighted by molar-refractivity contribution is 0.0405. The van der Waals surface area contributed by atoms with E-state index in [4.69, 9.17) is 27.4 Å². The summed E-state index contributed by atoms with van der Waals surface area (Å²) in [6.45, 7) is 4.48. The molecular formula is C16H24N2O2S. The minimum atomic E-state index is 0.413. The first-order valence-corrected chi connectivity index (χ1v) is 7.85. The van der Waals surface area contributed by atoms with Gasteiger partial charge in [0.25, 0.3) is 0 Å².